The maximum absolute atomic E-state index is 12.0. The Kier molecular flexibility index (Phi) is 6.57. The molecule has 0 radical (unpaired) electrons. The minimum atomic E-state index is -0.141. The van der Waals surface area contributed by atoms with Crippen LogP contribution in [0.25, 0.3) is 5.69 Å². The number of pyridine rings is 1. The highest BCUT2D eigenvalue weighted by Crippen LogP contribution is 2.42. The second-order valence-electron chi connectivity index (χ2n) is 9.04. The van der Waals surface area contributed by atoms with Crippen LogP contribution < -0.4 is 15.5 Å². The van der Waals surface area contributed by atoms with Crippen LogP contribution in [-0.2, 0) is 4.79 Å². The van der Waals surface area contributed by atoms with Crippen LogP contribution in [0.4, 0.5) is 11.4 Å². The van der Waals surface area contributed by atoms with Crippen LogP contribution in [0.5, 0.6) is 0 Å². The van der Waals surface area contributed by atoms with Gasteiger partial charge in [-0.05, 0) is 86.2 Å². The molecule has 1 aliphatic heterocycles. The molecule has 1 aliphatic rings. The molecular formula is C29H29N5OS. The van der Waals surface area contributed by atoms with Gasteiger partial charge in [0.05, 0.1) is 11.7 Å². The fourth-order valence-electron chi connectivity index (χ4n) is 4.69. The Morgan fingerprint density at radius 3 is 2.50 bits per heavy atom. The monoisotopic (exact) mass is 495 g/mol. The lowest BCUT2D eigenvalue weighted by atomic mass is 10.00. The van der Waals surface area contributed by atoms with E-state index in [1.165, 1.54) is 5.56 Å². The van der Waals surface area contributed by atoms with Crippen molar-refractivity contribution in [2.45, 2.75) is 39.3 Å². The SMILES string of the molecule is CCC(=O)Nc1ccc(N2C(=S)N[C@@H](c3ccccn3)[C@H]2c2cccn2-c2ccc(C)cc2)cc1C. The van der Waals surface area contributed by atoms with E-state index in [9.17, 15) is 4.79 Å². The van der Waals surface area contributed by atoms with Gasteiger partial charge in [-0.3, -0.25) is 9.78 Å². The molecule has 36 heavy (non-hydrogen) atoms. The lowest BCUT2D eigenvalue weighted by Crippen LogP contribution is -2.30. The summed E-state index contributed by atoms with van der Waals surface area (Å²) in [6, 6.07) is 24.4. The zero-order chi connectivity index (χ0) is 25.2. The van der Waals surface area contributed by atoms with Gasteiger partial charge in [-0.15, -0.1) is 0 Å². The summed E-state index contributed by atoms with van der Waals surface area (Å²) in [5.41, 5.74) is 7.08. The number of benzene rings is 2. The number of rotatable bonds is 6. The number of amides is 1. The molecule has 1 fully saturated rings. The molecule has 0 unspecified atom stereocenters. The zero-order valence-electron chi connectivity index (χ0n) is 20.6. The van der Waals surface area contributed by atoms with E-state index >= 15 is 0 Å². The van der Waals surface area contributed by atoms with Crippen molar-refractivity contribution >= 4 is 34.6 Å². The lowest BCUT2D eigenvalue weighted by molar-refractivity contribution is -0.115. The predicted octanol–water partition coefficient (Wildman–Crippen LogP) is 6.01. The maximum atomic E-state index is 12.0. The number of anilines is 2. The third-order valence-corrected chi connectivity index (χ3v) is 6.89. The number of nitrogens with zero attached hydrogens (tertiary/aromatic N) is 3. The summed E-state index contributed by atoms with van der Waals surface area (Å²) in [5.74, 6) is -0.00627. The average molecular weight is 496 g/mol. The van der Waals surface area contributed by atoms with Crippen LogP contribution >= 0.6 is 12.2 Å². The zero-order valence-corrected chi connectivity index (χ0v) is 21.4. The van der Waals surface area contributed by atoms with E-state index in [1.54, 1.807) is 0 Å². The summed E-state index contributed by atoms with van der Waals surface area (Å²) in [5, 5.41) is 7.15. The molecule has 1 saturated heterocycles. The summed E-state index contributed by atoms with van der Waals surface area (Å²) < 4.78 is 2.21. The third kappa shape index (κ3) is 4.50. The van der Waals surface area contributed by atoms with Gasteiger partial charge in [-0.1, -0.05) is 30.7 Å². The van der Waals surface area contributed by atoms with Crippen molar-refractivity contribution in [3.8, 4) is 5.69 Å². The smallest absolute Gasteiger partial charge is 0.224 e. The highest BCUT2D eigenvalue weighted by molar-refractivity contribution is 7.80. The van der Waals surface area contributed by atoms with E-state index in [1.807, 2.05) is 50.4 Å². The Morgan fingerprint density at radius 1 is 1.03 bits per heavy atom. The Morgan fingerprint density at radius 2 is 1.81 bits per heavy atom. The van der Waals surface area contributed by atoms with Crippen molar-refractivity contribution in [1.29, 1.82) is 0 Å². The molecule has 2 aromatic heterocycles. The summed E-state index contributed by atoms with van der Waals surface area (Å²) in [6.45, 7) is 5.94. The van der Waals surface area contributed by atoms with Crippen molar-refractivity contribution in [2.75, 3.05) is 10.2 Å². The molecule has 7 heteroatoms. The second-order valence-corrected chi connectivity index (χ2v) is 9.42. The number of nitrogens with one attached hydrogen (secondary N) is 2. The van der Waals surface area contributed by atoms with Gasteiger partial charge in [0, 0.05) is 41.6 Å². The van der Waals surface area contributed by atoms with E-state index in [0.29, 0.717) is 11.5 Å². The van der Waals surface area contributed by atoms with Crippen molar-refractivity contribution in [1.82, 2.24) is 14.9 Å². The fraction of sp³-hybridized carbons (Fsp3) is 0.207. The van der Waals surface area contributed by atoms with Gasteiger partial charge in [-0.25, -0.2) is 0 Å². The van der Waals surface area contributed by atoms with Crippen LogP contribution in [0.3, 0.4) is 0 Å². The van der Waals surface area contributed by atoms with Crippen LogP contribution in [0.1, 0.15) is 47.9 Å². The van der Waals surface area contributed by atoms with Crippen molar-refractivity contribution in [3.63, 3.8) is 0 Å². The van der Waals surface area contributed by atoms with Crippen LogP contribution in [0.15, 0.2) is 85.2 Å². The molecule has 0 saturated carbocycles. The van der Waals surface area contributed by atoms with E-state index in [-0.39, 0.29) is 18.0 Å². The molecule has 0 spiro atoms. The first-order valence-electron chi connectivity index (χ1n) is 12.1. The molecule has 3 heterocycles. The number of carbonyl (C=O) groups excluding carboxylic acids is 1. The number of aryl methyl sites for hydroxylation is 2. The van der Waals surface area contributed by atoms with Gasteiger partial charge in [0.2, 0.25) is 5.91 Å². The normalized spacial score (nSPS) is 17.2. The Balaban J connectivity index is 1.61. The van der Waals surface area contributed by atoms with Crippen LogP contribution in [0.2, 0.25) is 0 Å². The van der Waals surface area contributed by atoms with Gasteiger partial charge in [0.15, 0.2) is 5.11 Å². The number of thiocarbonyl (C=S) groups is 1. The number of hydrogen-bond acceptors (Lipinski definition) is 3. The molecule has 1 amide bonds. The molecule has 4 aromatic rings. The van der Waals surface area contributed by atoms with Gasteiger partial charge < -0.3 is 20.1 Å². The first-order valence-corrected chi connectivity index (χ1v) is 12.5. The number of hydrogen-bond donors (Lipinski definition) is 2. The van der Waals surface area contributed by atoms with E-state index in [0.717, 1.165) is 34.0 Å². The summed E-state index contributed by atoms with van der Waals surface area (Å²) in [6.07, 6.45) is 4.34. The summed E-state index contributed by atoms with van der Waals surface area (Å²) >= 11 is 5.90. The highest BCUT2D eigenvalue weighted by Gasteiger charge is 2.42. The molecular weight excluding hydrogens is 466 g/mol. The van der Waals surface area contributed by atoms with Gasteiger partial charge in [-0.2, -0.15) is 0 Å². The van der Waals surface area contributed by atoms with Crippen LogP contribution in [-0.4, -0.2) is 20.6 Å². The third-order valence-electron chi connectivity index (χ3n) is 6.58. The first kappa shape index (κ1) is 23.8. The van der Waals surface area contributed by atoms with Gasteiger partial charge >= 0.3 is 0 Å². The first-order chi connectivity index (χ1) is 17.5. The molecule has 182 valence electrons. The van der Waals surface area contributed by atoms with Crippen LogP contribution in [0, 0.1) is 13.8 Å². The Hall–Kier alpha value is -3.97. The molecule has 0 aliphatic carbocycles. The topological polar surface area (TPSA) is 62.2 Å². The van der Waals surface area contributed by atoms with Crippen molar-refractivity contribution < 1.29 is 4.79 Å². The van der Waals surface area contributed by atoms with E-state index < -0.39 is 0 Å². The largest absolute Gasteiger partial charge is 0.351 e. The molecule has 2 N–H and O–H groups in total. The quantitative estimate of drug-likeness (QED) is 0.321. The second kappa shape index (κ2) is 9.95. The number of aromatic nitrogens is 2. The fourth-order valence-corrected chi connectivity index (χ4v) is 5.03. The summed E-state index contributed by atoms with van der Waals surface area (Å²) in [7, 11) is 0. The lowest BCUT2D eigenvalue weighted by Gasteiger charge is -2.29. The predicted molar refractivity (Wildman–Crippen MR) is 149 cm³/mol. The standard InChI is InChI=1S/C29H29N5OS/c1-4-26(35)31-23-15-14-22(18-20(23)3)34-28(27(32-29(34)36)24-8-5-6-16-30-24)25-9-7-17-33(25)21-12-10-19(2)11-13-21/h5-18,27-28H,4H2,1-3H3,(H,31,35)(H,32,36)/t27-,28+/m0/s1. The molecule has 6 nitrogen and oxygen atoms in total. The van der Waals surface area contributed by atoms with Gasteiger partial charge in [0.1, 0.15) is 6.04 Å². The van der Waals surface area contributed by atoms with E-state index in [2.05, 4.69) is 80.7 Å². The summed E-state index contributed by atoms with van der Waals surface area (Å²) in [4.78, 5) is 18.8. The molecule has 5 rings (SSSR count). The van der Waals surface area contributed by atoms with Gasteiger partial charge in [0.25, 0.3) is 0 Å². The maximum Gasteiger partial charge on any atom is 0.224 e. The van der Waals surface area contributed by atoms with Crippen molar-refractivity contribution in [3.05, 3.63) is 108 Å². The highest BCUT2D eigenvalue weighted by atomic mass is 32.1. The Bertz CT molecular complexity index is 1400. The molecule has 2 atom stereocenters. The number of carbonyl (C=O) groups is 1. The average Bonchev–Trinajstić information content (AvgIpc) is 3.50. The Labute approximate surface area is 217 Å². The molecule has 2 aromatic carbocycles. The minimum absolute atomic E-state index is 0.00627. The molecule has 0 bridgehead atoms. The van der Waals surface area contributed by atoms with Crippen molar-refractivity contribution in [2.24, 2.45) is 0 Å². The minimum Gasteiger partial charge on any atom is -0.351 e. The van der Waals surface area contributed by atoms with E-state index in [4.69, 9.17) is 12.2 Å².